The maximum absolute atomic E-state index is 13.6. The molecule has 10 heteroatoms. The summed E-state index contributed by atoms with van der Waals surface area (Å²) in [5, 5.41) is 0. The molecule has 1 unspecified atom stereocenters. The van der Waals surface area contributed by atoms with Crippen LogP contribution in [0.5, 0.6) is 5.75 Å². The van der Waals surface area contributed by atoms with Crippen LogP contribution >= 0.6 is 0 Å². The number of fused-ring (bicyclic) bond motifs is 3. The van der Waals surface area contributed by atoms with Crippen molar-refractivity contribution in [1.29, 1.82) is 0 Å². The number of rotatable bonds is 10. The Morgan fingerprint density at radius 2 is 1.52 bits per heavy atom. The molecule has 40 heavy (non-hydrogen) atoms. The third-order valence-electron chi connectivity index (χ3n) is 7.90. The summed E-state index contributed by atoms with van der Waals surface area (Å²) in [7, 11) is -2.54. The molecule has 3 aliphatic heterocycles. The standard InChI is InChI=1S/C30H33N2O6S.BrH/c1-37-25-12-14-26(15-13-25)39(35,36)31-29(24-10-6-3-7-11-24)30(34)38-28-21-32(18-16-23(28)17-19-32)20-27(33)22-8-4-2-5-9-22;/h2-15,23,28-29,31H,16-21H2,1H3;1H/q+1;/p-1/t23?,28-,29?,32?;/m0./s1. The summed E-state index contributed by atoms with van der Waals surface area (Å²) in [5.41, 5.74) is 1.17. The number of ether oxygens (including phenoxy) is 2. The minimum absolute atomic E-state index is 0. The molecule has 212 valence electrons. The molecule has 3 aliphatic rings. The number of benzene rings is 3. The zero-order valence-electron chi connectivity index (χ0n) is 22.2. The average molecular weight is 630 g/mol. The Kier molecular flexibility index (Phi) is 9.45. The lowest BCUT2D eigenvalue weighted by molar-refractivity contribution is -0.938. The van der Waals surface area contributed by atoms with E-state index < -0.39 is 22.0 Å². The van der Waals surface area contributed by atoms with E-state index in [-0.39, 0.29) is 39.7 Å². The number of carbonyl (C=O) groups excluding carboxylic acids is 2. The summed E-state index contributed by atoms with van der Waals surface area (Å²) in [6, 6.07) is 22.7. The van der Waals surface area contributed by atoms with Crippen LogP contribution < -0.4 is 26.4 Å². The fourth-order valence-corrected chi connectivity index (χ4v) is 6.86. The van der Waals surface area contributed by atoms with Crippen LogP contribution in [0.1, 0.15) is 34.8 Å². The highest BCUT2D eigenvalue weighted by Crippen LogP contribution is 2.36. The predicted octanol–water partition coefficient (Wildman–Crippen LogP) is 0.754. The molecule has 6 rings (SSSR count). The number of esters is 1. The molecule has 0 spiro atoms. The normalized spacial score (nSPS) is 22.5. The Balaban J connectivity index is 0.00000370. The van der Waals surface area contributed by atoms with Gasteiger partial charge in [-0.3, -0.25) is 4.79 Å². The number of halogens is 1. The van der Waals surface area contributed by atoms with Crippen LogP contribution in [0.3, 0.4) is 0 Å². The van der Waals surface area contributed by atoms with Crippen molar-refractivity contribution in [3.8, 4) is 5.75 Å². The lowest BCUT2D eigenvalue weighted by Crippen LogP contribution is -3.00. The number of nitrogens with one attached hydrogen (secondary N) is 1. The van der Waals surface area contributed by atoms with E-state index in [2.05, 4.69) is 4.72 Å². The van der Waals surface area contributed by atoms with Crippen LogP contribution in [0.4, 0.5) is 0 Å². The monoisotopic (exact) mass is 628 g/mol. The molecule has 0 saturated carbocycles. The maximum Gasteiger partial charge on any atom is 0.329 e. The van der Waals surface area contributed by atoms with Gasteiger partial charge in [0.25, 0.3) is 0 Å². The predicted molar refractivity (Wildman–Crippen MR) is 146 cm³/mol. The maximum atomic E-state index is 13.6. The molecule has 3 aromatic rings. The van der Waals surface area contributed by atoms with Gasteiger partial charge in [0.15, 0.2) is 6.10 Å². The topological polar surface area (TPSA) is 98.8 Å². The lowest BCUT2D eigenvalue weighted by atomic mass is 9.82. The molecule has 8 nitrogen and oxygen atoms in total. The summed E-state index contributed by atoms with van der Waals surface area (Å²) < 4.78 is 40.8. The second-order valence-corrected chi connectivity index (χ2v) is 12.1. The van der Waals surface area contributed by atoms with Gasteiger partial charge in [0, 0.05) is 24.3 Å². The number of hydrogen-bond acceptors (Lipinski definition) is 6. The lowest BCUT2D eigenvalue weighted by Gasteiger charge is -2.51. The molecule has 0 amide bonds. The minimum atomic E-state index is -4.04. The van der Waals surface area contributed by atoms with Crippen LogP contribution in [0.15, 0.2) is 89.8 Å². The highest BCUT2D eigenvalue weighted by atomic mass is 79.9. The van der Waals surface area contributed by atoms with Crippen LogP contribution in [0.25, 0.3) is 0 Å². The van der Waals surface area contributed by atoms with E-state index in [1.807, 2.05) is 30.3 Å². The molecular formula is C30H33BrN2O6S. The molecule has 0 radical (unpaired) electrons. The molecule has 3 aromatic carbocycles. The fourth-order valence-electron chi connectivity index (χ4n) is 5.69. The summed E-state index contributed by atoms with van der Waals surface area (Å²) in [4.78, 5) is 26.7. The van der Waals surface area contributed by atoms with E-state index in [9.17, 15) is 18.0 Å². The molecule has 1 N–H and O–H groups in total. The number of nitrogens with zero attached hydrogens (tertiary/aromatic N) is 1. The number of carbonyl (C=O) groups is 2. The molecule has 0 aliphatic carbocycles. The zero-order valence-corrected chi connectivity index (χ0v) is 24.6. The third kappa shape index (κ3) is 6.63. The SMILES string of the molecule is COc1ccc(S(=O)(=O)NC(C(=O)O[C@H]2C[N+]3(CC(=O)c4ccccc4)CCC2CC3)c2ccccc2)cc1.[Br-]. The average Bonchev–Trinajstić information content (AvgIpc) is 2.97. The zero-order chi connectivity index (χ0) is 27.5. The van der Waals surface area contributed by atoms with Gasteiger partial charge in [0.05, 0.1) is 25.1 Å². The molecule has 3 heterocycles. The van der Waals surface area contributed by atoms with Gasteiger partial charge in [-0.1, -0.05) is 60.7 Å². The van der Waals surface area contributed by atoms with E-state index in [0.717, 1.165) is 25.9 Å². The Morgan fingerprint density at radius 1 is 0.925 bits per heavy atom. The molecule has 3 fully saturated rings. The number of quaternary nitrogens is 1. The van der Waals surface area contributed by atoms with Crippen molar-refractivity contribution >= 4 is 21.8 Å². The number of Topliss-reactive ketones (excluding diaryl/α,β-unsaturated/α-hetero) is 1. The molecule has 0 aromatic heterocycles. The molecule has 2 bridgehead atoms. The Morgan fingerprint density at radius 3 is 2.12 bits per heavy atom. The first-order valence-corrected chi connectivity index (χ1v) is 14.6. The van der Waals surface area contributed by atoms with Crippen molar-refractivity contribution in [2.24, 2.45) is 5.92 Å². The van der Waals surface area contributed by atoms with E-state index in [4.69, 9.17) is 9.47 Å². The van der Waals surface area contributed by atoms with E-state index in [0.29, 0.717) is 34.4 Å². The second kappa shape index (κ2) is 12.6. The van der Waals surface area contributed by atoms with Crippen LogP contribution in [0, 0.1) is 5.92 Å². The fraction of sp³-hybridized carbons (Fsp3) is 0.333. The molecular weight excluding hydrogens is 596 g/mol. The second-order valence-electron chi connectivity index (χ2n) is 10.4. The van der Waals surface area contributed by atoms with Gasteiger partial charge in [-0.15, -0.1) is 0 Å². The largest absolute Gasteiger partial charge is 1.00 e. The Labute approximate surface area is 245 Å². The van der Waals surface area contributed by atoms with Crippen molar-refractivity contribution in [2.75, 3.05) is 33.3 Å². The minimum Gasteiger partial charge on any atom is -1.00 e. The number of piperidine rings is 3. The van der Waals surface area contributed by atoms with Crippen molar-refractivity contribution in [1.82, 2.24) is 4.72 Å². The highest BCUT2D eigenvalue weighted by Gasteiger charge is 2.49. The number of sulfonamides is 1. The van der Waals surface area contributed by atoms with Crippen LogP contribution in [-0.2, 0) is 19.6 Å². The van der Waals surface area contributed by atoms with Crippen molar-refractivity contribution in [2.45, 2.75) is 29.9 Å². The van der Waals surface area contributed by atoms with Crippen molar-refractivity contribution in [3.05, 3.63) is 96.1 Å². The first-order chi connectivity index (χ1) is 18.8. The van der Waals surface area contributed by atoms with Gasteiger partial charge >= 0.3 is 5.97 Å². The number of ketones is 1. The first-order valence-electron chi connectivity index (χ1n) is 13.1. The Bertz CT molecular complexity index is 1410. The third-order valence-corrected chi connectivity index (χ3v) is 9.33. The summed E-state index contributed by atoms with van der Waals surface area (Å²) in [6.45, 7) is 2.63. The summed E-state index contributed by atoms with van der Waals surface area (Å²) in [5.74, 6) is 0.147. The molecule has 2 atom stereocenters. The van der Waals surface area contributed by atoms with Crippen LogP contribution in [-0.4, -0.2) is 64.0 Å². The van der Waals surface area contributed by atoms with Gasteiger partial charge < -0.3 is 30.9 Å². The summed E-state index contributed by atoms with van der Waals surface area (Å²) >= 11 is 0. The van der Waals surface area contributed by atoms with E-state index >= 15 is 0 Å². The number of methoxy groups -OCH3 is 1. The van der Waals surface area contributed by atoms with E-state index in [1.54, 1.807) is 42.5 Å². The Hall–Kier alpha value is -3.05. The van der Waals surface area contributed by atoms with Crippen molar-refractivity contribution in [3.63, 3.8) is 0 Å². The van der Waals surface area contributed by atoms with Gasteiger partial charge in [0.2, 0.25) is 15.8 Å². The first kappa shape index (κ1) is 29.9. The van der Waals surface area contributed by atoms with Gasteiger partial charge in [-0.25, -0.2) is 13.2 Å². The van der Waals surface area contributed by atoms with Crippen molar-refractivity contribution < 1.29 is 48.9 Å². The van der Waals surface area contributed by atoms with Crippen LogP contribution in [0.2, 0.25) is 0 Å². The van der Waals surface area contributed by atoms with Gasteiger partial charge in [-0.2, -0.15) is 4.72 Å². The highest BCUT2D eigenvalue weighted by molar-refractivity contribution is 7.89. The summed E-state index contributed by atoms with van der Waals surface area (Å²) in [6.07, 6.45) is 1.32. The quantitative estimate of drug-likeness (QED) is 0.202. The number of hydrogen-bond donors (Lipinski definition) is 1. The smallest absolute Gasteiger partial charge is 0.329 e. The molecule has 3 saturated heterocycles. The van der Waals surface area contributed by atoms with Gasteiger partial charge in [-0.05, 0) is 29.8 Å². The van der Waals surface area contributed by atoms with E-state index in [1.165, 1.54) is 19.2 Å². The van der Waals surface area contributed by atoms with Gasteiger partial charge in [0.1, 0.15) is 24.9 Å².